The van der Waals surface area contributed by atoms with Crippen molar-refractivity contribution in [1.29, 1.82) is 0 Å². The Bertz CT molecular complexity index is 874. The average Bonchev–Trinajstić information content (AvgIpc) is 3.18. The zero-order chi connectivity index (χ0) is 25.6. The van der Waals surface area contributed by atoms with Crippen molar-refractivity contribution in [1.82, 2.24) is 4.98 Å². The van der Waals surface area contributed by atoms with Gasteiger partial charge in [-0.1, -0.05) is 39.3 Å². The fourth-order valence-electron chi connectivity index (χ4n) is 4.54. The smallest absolute Gasteiger partial charge is 0.157 e. The maximum absolute atomic E-state index is 13.2. The Morgan fingerprint density at radius 1 is 1.24 bits per heavy atom. The van der Waals surface area contributed by atoms with E-state index in [2.05, 4.69) is 18.0 Å². The number of aliphatic hydroxyl groups excluding tert-OH is 3. The van der Waals surface area contributed by atoms with E-state index in [1.54, 1.807) is 32.1 Å². The fraction of sp³-hybridized carbons (Fsp3) is 0.704. The molecule has 1 aromatic rings. The van der Waals surface area contributed by atoms with Crippen LogP contribution in [0.15, 0.2) is 22.6 Å². The normalized spacial score (nSPS) is 32.9. The molecule has 7 heteroatoms. The first-order valence-electron chi connectivity index (χ1n) is 12.3. The van der Waals surface area contributed by atoms with Crippen molar-refractivity contribution < 1.29 is 24.9 Å². The van der Waals surface area contributed by atoms with Gasteiger partial charge in [-0.05, 0) is 64.0 Å². The number of hydrogen-bond donors (Lipinski definition) is 3. The SMILES string of the molecule is CC1=CC[C@@H](C(C)=Cc2csc(C)n2)O[C@H](O)CC(O)C(C)(C)C(=O)[C@H](C)[C@@H](O)[C@@H](C)CCC1. The molecule has 1 unspecified atom stereocenters. The first kappa shape index (κ1) is 28.9. The molecular formula is C27H43NO5S. The molecule has 0 fully saturated rings. The molecule has 1 aromatic heterocycles. The zero-order valence-corrected chi connectivity index (χ0v) is 22.6. The van der Waals surface area contributed by atoms with E-state index in [0.717, 1.165) is 35.5 Å². The second-order valence-electron chi connectivity index (χ2n) is 10.5. The molecule has 0 aliphatic carbocycles. The molecule has 6 atom stereocenters. The third-order valence-corrected chi connectivity index (χ3v) is 7.95. The lowest BCUT2D eigenvalue weighted by Gasteiger charge is -2.35. The van der Waals surface area contributed by atoms with Gasteiger partial charge in [-0.25, -0.2) is 4.98 Å². The summed E-state index contributed by atoms with van der Waals surface area (Å²) in [5.41, 5.74) is 1.89. The number of carbonyl (C=O) groups is 1. The van der Waals surface area contributed by atoms with Gasteiger partial charge in [-0.2, -0.15) is 0 Å². The van der Waals surface area contributed by atoms with Crippen LogP contribution >= 0.6 is 11.3 Å². The number of aryl methyl sites for hydroxylation is 1. The molecule has 0 radical (unpaired) electrons. The summed E-state index contributed by atoms with van der Waals surface area (Å²) in [6, 6.07) is 0. The summed E-state index contributed by atoms with van der Waals surface area (Å²) >= 11 is 1.58. The number of ether oxygens (including phenoxy) is 1. The molecule has 34 heavy (non-hydrogen) atoms. The largest absolute Gasteiger partial charge is 0.392 e. The summed E-state index contributed by atoms with van der Waals surface area (Å²) in [6.07, 6.45) is 3.70. The van der Waals surface area contributed by atoms with Crippen LogP contribution in [0, 0.1) is 24.2 Å². The van der Waals surface area contributed by atoms with Crippen molar-refractivity contribution in [3.05, 3.63) is 33.3 Å². The van der Waals surface area contributed by atoms with Gasteiger partial charge in [0, 0.05) is 23.1 Å². The maximum Gasteiger partial charge on any atom is 0.157 e. The van der Waals surface area contributed by atoms with Gasteiger partial charge >= 0.3 is 0 Å². The van der Waals surface area contributed by atoms with Gasteiger partial charge in [0.05, 0.1) is 29.0 Å². The lowest BCUT2D eigenvalue weighted by atomic mass is 9.73. The Labute approximate surface area is 208 Å². The minimum Gasteiger partial charge on any atom is -0.392 e. The highest BCUT2D eigenvalue weighted by molar-refractivity contribution is 7.09. The summed E-state index contributed by atoms with van der Waals surface area (Å²) in [6.45, 7) is 13.0. The topological polar surface area (TPSA) is 99.9 Å². The predicted octanol–water partition coefficient (Wildman–Crippen LogP) is 5.06. The van der Waals surface area contributed by atoms with Crippen molar-refractivity contribution in [2.45, 2.75) is 105 Å². The summed E-state index contributed by atoms with van der Waals surface area (Å²) < 4.78 is 6.00. The van der Waals surface area contributed by atoms with E-state index >= 15 is 0 Å². The molecule has 0 aromatic carbocycles. The lowest BCUT2D eigenvalue weighted by molar-refractivity contribution is -0.161. The molecule has 0 spiro atoms. The predicted molar refractivity (Wildman–Crippen MR) is 137 cm³/mol. The monoisotopic (exact) mass is 493 g/mol. The second kappa shape index (κ2) is 12.5. The van der Waals surface area contributed by atoms with E-state index in [-0.39, 0.29) is 24.2 Å². The molecular weight excluding hydrogens is 450 g/mol. The maximum atomic E-state index is 13.2. The van der Waals surface area contributed by atoms with Crippen molar-refractivity contribution in [2.75, 3.05) is 0 Å². The number of allylic oxidation sites excluding steroid dienone is 1. The van der Waals surface area contributed by atoms with Gasteiger partial charge in [0.25, 0.3) is 0 Å². The van der Waals surface area contributed by atoms with Gasteiger partial charge < -0.3 is 20.1 Å². The Kier molecular flexibility index (Phi) is 10.6. The van der Waals surface area contributed by atoms with Crippen LogP contribution in [-0.2, 0) is 9.53 Å². The highest BCUT2D eigenvalue weighted by atomic mass is 32.1. The highest BCUT2D eigenvalue weighted by Gasteiger charge is 2.42. The standard InChI is InChI=1S/C27H43NO5S/c1-16-9-8-10-17(2)25(31)19(4)26(32)27(6,7)23(29)14-24(30)33-22(12-11-16)18(3)13-21-15-34-20(5)28-21/h11,13,15,17,19,22-25,29-31H,8-10,12,14H2,1-7H3/t17-,19+,22-,23?,24-,25-/m0/s1. The molecule has 2 rings (SSSR count). The molecule has 1 aliphatic rings. The number of ketones is 1. The van der Waals surface area contributed by atoms with Crippen LogP contribution in [-0.4, -0.2) is 50.7 Å². The first-order valence-corrected chi connectivity index (χ1v) is 13.2. The van der Waals surface area contributed by atoms with E-state index in [1.165, 1.54) is 5.57 Å². The Hall–Kier alpha value is -1.38. The Balaban J connectivity index is 2.32. The molecule has 2 heterocycles. The van der Waals surface area contributed by atoms with Crippen LogP contribution in [0.1, 0.15) is 84.3 Å². The van der Waals surface area contributed by atoms with Crippen LogP contribution in [0.4, 0.5) is 0 Å². The third kappa shape index (κ3) is 7.82. The van der Waals surface area contributed by atoms with E-state index in [4.69, 9.17) is 4.74 Å². The molecule has 0 bridgehead atoms. The summed E-state index contributed by atoms with van der Waals surface area (Å²) in [5.74, 6) is -0.844. The minimum atomic E-state index is -1.24. The number of Topliss-reactive ketones (excluding diaryl/α,β-unsaturated/α-hetero) is 1. The van der Waals surface area contributed by atoms with Gasteiger partial charge in [0.1, 0.15) is 5.78 Å². The number of carbonyl (C=O) groups excluding carboxylic acids is 1. The molecule has 6 nitrogen and oxygen atoms in total. The van der Waals surface area contributed by atoms with Gasteiger partial charge in [-0.15, -0.1) is 11.3 Å². The molecule has 3 N–H and O–H groups in total. The van der Waals surface area contributed by atoms with Crippen molar-refractivity contribution >= 4 is 23.2 Å². The van der Waals surface area contributed by atoms with Crippen LogP contribution in [0.3, 0.4) is 0 Å². The number of aromatic nitrogens is 1. The van der Waals surface area contributed by atoms with Crippen LogP contribution in [0.2, 0.25) is 0 Å². The molecule has 0 saturated heterocycles. The van der Waals surface area contributed by atoms with E-state index < -0.39 is 29.8 Å². The number of nitrogens with zero attached hydrogens (tertiary/aromatic N) is 1. The molecule has 192 valence electrons. The van der Waals surface area contributed by atoms with Gasteiger partial charge in [0.15, 0.2) is 6.29 Å². The number of hydrogen-bond acceptors (Lipinski definition) is 7. The third-order valence-electron chi connectivity index (χ3n) is 7.15. The van der Waals surface area contributed by atoms with Crippen molar-refractivity contribution in [3.8, 4) is 0 Å². The lowest BCUT2D eigenvalue weighted by Crippen LogP contribution is -2.46. The van der Waals surface area contributed by atoms with Gasteiger partial charge in [-0.3, -0.25) is 4.79 Å². The minimum absolute atomic E-state index is 0.0268. The number of aliphatic hydroxyl groups is 3. The average molecular weight is 494 g/mol. The van der Waals surface area contributed by atoms with E-state index in [1.807, 2.05) is 32.2 Å². The summed E-state index contributed by atoms with van der Waals surface area (Å²) in [4.78, 5) is 17.7. The molecule has 0 amide bonds. The molecule has 1 aliphatic heterocycles. The zero-order valence-electron chi connectivity index (χ0n) is 21.7. The van der Waals surface area contributed by atoms with Crippen LogP contribution < -0.4 is 0 Å². The molecule has 0 saturated carbocycles. The van der Waals surface area contributed by atoms with Crippen LogP contribution in [0.5, 0.6) is 0 Å². The van der Waals surface area contributed by atoms with Crippen molar-refractivity contribution in [3.63, 3.8) is 0 Å². The number of thiazole rings is 1. The second-order valence-corrected chi connectivity index (χ2v) is 11.6. The summed E-state index contributed by atoms with van der Waals surface area (Å²) in [7, 11) is 0. The number of rotatable bonds is 2. The first-order chi connectivity index (χ1) is 15.8. The van der Waals surface area contributed by atoms with Crippen LogP contribution in [0.25, 0.3) is 6.08 Å². The van der Waals surface area contributed by atoms with Gasteiger partial charge in [0.2, 0.25) is 0 Å². The van der Waals surface area contributed by atoms with E-state index in [0.29, 0.717) is 6.42 Å². The Morgan fingerprint density at radius 2 is 1.91 bits per heavy atom. The highest BCUT2D eigenvalue weighted by Crippen LogP contribution is 2.33. The van der Waals surface area contributed by atoms with Crippen molar-refractivity contribution in [2.24, 2.45) is 17.3 Å². The fourth-order valence-corrected chi connectivity index (χ4v) is 5.11. The summed E-state index contributed by atoms with van der Waals surface area (Å²) in [5, 5.41) is 35.4. The Morgan fingerprint density at radius 3 is 2.53 bits per heavy atom. The quantitative estimate of drug-likeness (QED) is 0.498. The van der Waals surface area contributed by atoms with E-state index in [9.17, 15) is 20.1 Å².